The van der Waals surface area contributed by atoms with Gasteiger partial charge in [-0.05, 0) is 34.5 Å². The molecule has 0 saturated carbocycles. The van der Waals surface area contributed by atoms with Crippen LogP contribution in [-0.2, 0) is 0 Å². The number of piperazine rings is 1. The minimum absolute atomic E-state index is 0.283. The Bertz CT molecular complexity index is 383. The first-order chi connectivity index (χ1) is 8.75. The van der Waals surface area contributed by atoms with Crippen molar-refractivity contribution in [1.29, 1.82) is 0 Å². The van der Waals surface area contributed by atoms with Gasteiger partial charge < -0.3 is 15.0 Å². The van der Waals surface area contributed by atoms with Crippen molar-refractivity contribution in [2.45, 2.75) is 6.42 Å². The molecular formula is C13H18BrFN2O. The first kappa shape index (κ1) is 13.8. The van der Waals surface area contributed by atoms with Crippen LogP contribution < -0.4 is 10.1 Å². The second-order valence-electron chi connectivity index (χ2n) is 4.37. The largest absolute Gasteiger partial charge is 0.493 e. The third-order valence-electron chi connectivity index (χ3n) is 2.99. The van der Waals surface area contributed by atoms with Crippen LogP contribution >= 0.6 is 15.9 Å². The van der Waals surface area contributed by atoms with Gasteiger partial charge in [-0.1, -0.05) is 0 Å². The fourth-order valence-electron chi connectivity index (χ4n) is 1.98. The highest BCUT2D eigenvalue weighted by Gasteiger charge is 2.08. The molecule has 1 aliphatic rings. The van der Waals surface area contributed by atoms with Crippen molar-refractivity contribution < 1.29 is 9.13 Å². The summed E-state index contributed by atoms with van der Waals surface area (Å²) in [6.07, 6.45) is 0.970. The summed E-state index contributed by atoms with van der Waals surface area (Å²) < 4.78 is 19.2. The Labute approximate surface area is 115 Å². The van der Waals surface area contributed by atoms with Crippen molar-refractivity contribution >= 4 is 15.9 Å². The predicted octanol–water partition coefficient (Wildman–Crippen LogP) is 2.26. The Morgan fingerprint density at radius 2 is 2.11 bits per heavy atom. The van der Waals surface area contributed by atoms with Crippen LogP contribution in [0.1, 0.15) is 6.42 Å². The smallest absolute Gasteiger partial charge is 0.141 e. The molecule has 1 N–H and O–H groups in total. The number of ether oxygens (including phenoxy) is 1. The van der Waals surface area contributed by atoms with E-state index in [9.17, 15) is 4.39 Å². The van der Waals surface area contributed by atoms with E-state index in [1.807, 2.05) is 0 Å². The molecule has 1 fully saturated rings. The van der Waals surface area contributed by atoms with Gasteiger partial charge in [-0.2, -0.15) is 0 Å². The molecule has 0 atom stereocenters. The van der Waals surface area contributed by atoms with Crippen LogP contribution in [0, 0.1) is 5.82 Å². The monoisotopic (exact) mass is 316 g/mol. The van der Waals surface area contributed by atoms with Crippen LogP contribution in [0.3, 0.4) is 0 Å². The summed E-state index contributed by atoms with van der Waals surface area (Å²) >= 11 is 3.12. The molecule has 1 aromatic carbocycles. The van der Waals surface area contributed by atoms with Crippen molar-refractivity contribution in [2.24, 2.45) is 0 Å². The number of halogens is 2. The van der Waals surface area contributed by atoms with Crippen molar-refractivity contribution in [2.75, 3.05) is 39.3 Å². The maximum Gasteiger partial charge on any atom is 0.141 e. The molecule has 0 aromatic heterocycles. The van der Waals surface area contributed by atoms with Gasteiger partial charge in [0.2, 0.25) is 0 Å². The minimum atomic E-state index is -0.283. The third kappa shape index (κ3) is 4.23. The lowest BCUT2D eigenvalue weighted by atomic mass is 10.3. The highest BCUT2D eigenvalue weighted by Crippen LogP contribution is 2.20. The van der Waals surface area contributed by atoms with Crippen molar-refractivity contribution in [3.63, 3.8) is 0 Å². The average molecular weight is 317 g/mol. The SMILES string of the molecule is Fc1cc(OCCCN2CCNCC2)ccc1Br. The van der Waals surface area contributed by atoms with Crippen LogP contribution in [-0.4, -0.2) is 44.2 Å². The number of nitrogens with one attached hydrogen (secondary N) is 1. The lowest BCUT2D eigenvalue weighted by molar-refractivity contribution is 0.213. The van der Waals surface area contributed by atoms with Gasteiger partial charge in [0, 0.05) is 38.8 Å². The van der Waals surface area contributed by atoms with Gasteiger partial charge in [0.1, 0.15) is 11.6 Å². The third-order valence-corrected chi connectivity index (χ3v) is 3.63. The van der Waals surface area contributed by atoms with Crippen LogP contribution in [0.5, 0.6) is 5.75 Å². The van der Waals surface area contributed by atoms with Crippen LogP contribution in [0.2, 0.25) is 0 Å². The minimum Gasteiger partial charge on any atom is -0.493 e. The van der Waals surface area contributed by atoms with E-state index in [4.69, 9.17) is 4.74 Å². The van der Waals surface area contributed by atoms with Gasteiger partial charge in [0.15, 0.2) is 0 Å². The van der Waals surface area contributed by atoms with Gasteiger partial charge in [0.05, 0.1) is 11.1 Å². The molecular weight excluding hydrogens is 299 g/mol. The summed E-state index contributed by atoms with van der Waals surface area (Å²) in [7, 11) is 0. The van der Waals surface area contributed by atoms with Gasteiger partial charge >= 0.3 is 0 Å². The van der Waals surface area contributed by atoms with Gasteiger partial charge in [0.25, 0.3) is 0 Å². The molecule has 2 rings (SSSR count). The molecule has 1 aliphatic heterocycles. The highest BCUT2D eigenvalue weighted by molar-refractivity contribution is 9.10. The van der Waals surface area contributed by atoms with E-state index in [0.29, 0.717) is 16.8 Å². The molecule has 0 spiro atoms. The number of hydrogen-bond donors (Lipinski definition) is 1. The summed E-state index contributed by atoms with van der Waals surface area (Å²) in [6, 6.07) is 4.86. The number of rotatable bonds is 5. The van der Waals surface area contributed by atoms with E-state index >= 15 is 0 Å². The van der Waals surface area contributed by atoms with E-state index < -0.39 is 0 Å². The van der Waals surface area contributed by atoms with Crippen molar-refractivity contribution in [1.82, 2.24) is 10.2 Å². The summed E-state index contributed by atoms with van der Waals surface area (Å²) in [5.74, 6) is 0.311. The summed E-state index contributed by atoms with van der Waals surface area (Å²) in [5.41, 5.74) is 0. The van der Waals surface area contributed by atoms with E-state index in [2.05, 4.69) is 26.1 Å². The maximum atomic E-state index is 13.2. The van der Waals surface area contributed by atoms with Gasteiger partial charge in [-0.3, -0.25) is 0 Å². The lowest BCUT2D eigenvalue weighted by Crippen LogP contribution is -2.43. The number of nitrogens with zero attached hydrogens (tertiary/aromatic N) is 1. The van der Waals surface area contributed by atoms with Crippen LogP contribution in [0.15, 0.2) is 22.7 Å². The van der Waals surface area contributed by atoms with E-state index in [0.717, 1.165) is 39.1 Å². The topological polar surface area (TPSA) is 24.5 Å². The lowest BCUT2D eigenvalue weighted by Gasteiger charge is -2.26. The van der Waals surface area contributed by atoms with Gasteiger partial charge in [-0.15, -0.1) is 0 Å². The van der Waals surface area contributed by atoms with Crippen molar-refractivity contribution in [3.8, 4) is 5.75 Å². The molecule has 1 saturated heterocycles. The average Bonchev–Trinajstić information content (AvgIpc) is 2.40. The molecule has 18 heavy (non-hydrogen) atoms. The molecule has 1 heterocycles. The van der Waals surface area contributed by atoms with Crippen molar-refractivity contribution in [3.05, 3.63) is 28.5 Å². The Hall–Kier alpha value is -0.650. The Morgan fingerprint density at radius 3 is 2.83 bits per heavy atom. The van der Waals surface area contributed by atoms with E-state index in [1.165, 1.54) is 6.07 Å². The molecule has 0 amide bonds. The molecule has 3 nitrogen and oxygen atoms in total. The molecule has 0 unspecified atom stereocenters. The molecule has 5 heteroatoms. The van der Waals surface area contributed by atoms with Gasteiger partial charge in [-0.25, -0.2) is 4.39 Å². The first-order valence-electron chi connectivity index (χ1n) is 6.26. The zero-order chi connectivity index (χ0) is 12.8. The summed E-state index contributed by atoms with van der Waals surface area (Å²) in [5, 5.41) is 3.32. The second kappa shape index (κ2) is 7.07. The fourth-order valence-corrected chi connectivity index (χ4v) is 2.23. The predicted molar refractivity (Wildman–Crippen MR) is 73.5 cm³/mol. The molecule has 0 radical (unpaired) electrons. The Balaban J connectivity index is 1.66. The standard InChI is InChI=1S/C13H18BrFN2O/c14-12-3-2-11(10-13(12)15)18-9-1-6-17-7-4-16-5-8-17/h2-3,10,16H,1,4-9H2. The highest BCUT2D eigenvalue weighted by atomic mass is 79.9. The zero-order valence-electron chi connectivity index (χ0n) is 10.3. The quantitative estimate of drug-likeness (QED) is 0.843. The number of hydrogen-bond acceptors (Lipinski definition) is 3. The first-order valence-corrected chi connectivity index (χ1v) is 7.06. The van der Waals surface area contributed by atoms with Crippen LogP contribution in [0.4, 0.5) is 4.39 Å². The zero-order valence-corrected chi connectivity index (χ0v) is 11.9. The Kier molecular flexibility index (Phi) is 5.41. The maximum absolute atomic E-state index is 13.2. The van der Waals surface area contributed by atoms with E-state index in [-0.39, 0.29) is 5.82 Å². The molecule has 0 aliphatic carbocycles. The molecule has 1 aromatic rings. The molecule has 0 bridgehead atoms. The summed E-state index contributed by atoms with van der Waals surface area (Å²) in [6.45, 7) is 6.02. The fraction of sp³-hybridized carbons (Fsp3) is 0.538. The Morgan fingerprint density at radius 1 is 1.33 bits per heavy atom. The van der Waals surface area contributed by atoms with E-state index in [1.54, 1.807) is 12.1 Å². The number of benzene rings is 1. The normalized spacial score (nSPS) is 16.8. The second-order valence-corrected chi connectivity index (χ2v) is 5.22. The van der Waals surface area contributed by atoms with Crippen LogP contribution in [0.25, 0.3) is 0 Å². The molecule has 100 valence electrons. The summed E-state index contributed by atoms with van der Waals surface area (Å²) in [4.78, 5) is 2.42.